The minimum atomic E-state index is -0.354. The van der Waals surface area contributed by atoms with E-state index >= 15 is 0 Å². The Bertz CT molecular complexity index is 751. The van der Waals surface area contributed by atoms with Gasteiger partial charge in [-0.15, -0.1) is 0 Å². The van der Waals surface area contributed by atoms with E-state index < -0.39 is 0 Å². The highest BCUT2D eigenvalue weighted by Crippen LogP contribution is 2.13. The minimum Gasteiger partial charge on any atom is -0.398 e. The molecule has 94 valence electrons. The molecule has 0 fully saturated rings. The number of aromatic nitrogens is 4. The van der Waals surface area contributed by atoms with Gasteiger partial charge in [-0.1, -0.05) is 12.1 Å². The molecule has 0 aliphatic heterocycles. The number of benzene rings is 1. The Morgan fingerprint density at radius 2 is 2.11 bits per heavy atom. The molecule has 3 aromatic rings. The lowest BCUT2D eigenvalue weighted by Crippen LogP contribution is -2.15. The molecule has 19 heavy (non-hydrogen) atoms. The van der Waals surface area contributed by atoms with Crippen LogP contribution in [-0.4, -0.2) is 25.8 Å². The van der Waals surface area contributed by atoms with Crippen LogP contribution in [0, 0.1) is 0 Å². The highest BCUT2D eigenvalue weighted by atomic mass is 16.1. The number of nitrogen functional groups attached to an aromatic ring is 1. The maximum atomic E-state index is 12.0. The molecule has 0 aliphatic rings. The van der Waals surface area contributed by atoms with Crippen LogP contribution in [-0.2, 0) is 0 Å². The lowest BCUT2D eigenvalue weighted by molar-refractivity contribution is 0.102. The Balaban J connectivity index is 1.88. The summed E-state index contributed by atoms with van der Waals surface area (Å²) in [5.41, 5.74) is 7.71. The van der Waals surface area contributed by atoms with Crippen LogP contribution in [0.15, 0.2) is 36.8 Å². The quantitative estimate of drug-likeness (QED) is 0.595. The summed E-state index contributed by atoms with van der Waals surface area (Å²) in [5, 5.41) is 2.59. The van der Waals surface area contributed by atoms with Gasteiger partial charge in [-0.05, 0) is 12.1 Å². The fourth-order valence-electron chi connectivity index (χ4n) is 1.67. The van der Waals surface area contributed by atoms with Crippen molar-refractivity contribution in [3.8, 4) is 0 Å². The molecule has 1 aromatic carbocycles. The van der Waals surface area contributed by atoms with E-state index in [0.29, 0.717) is 22.4 Å². The second kappa shape index (κ2) is 4.37. The van der Waals surface area contributed by atoms with Crippen molar-refractivity contribution in [1.29, 1.82) is 0 Å². The van der Waals surface area contributed by atoms with Crippen LogP contribution in [0.5, 0.6) is 0 Å². The molecule has 3 rings (SSSR count). The number of H-pyrrole nitrogens is 1. The van der Waals surface area contributed by atoms with Crippen LogP contribution < -0.4 is 11.1 Å². The Kier molecular flexibility index (Phi) is 2.57. The standard InChI is InChI=1S/C12H10N6O/c13-8-4-2-1-3-7(8)11(19)18-12-14-5-9-10(17-12)16-6-15-9/h1-6H,13H2,(H2,14,15,16,17,18,19). The number of aromatic amines is 1. The second-order valence-corrected chi connectivity index (χ2v) is 3.87. The molecule has 0 aliphatic carbocycles. The van der Waals surface area contributed by atoms with Gasteiger partial charge in [0.1, 0.15) is 5.52 Å². The number of nitrogens with zero attached hydrogens (tertiary/aromatic N) is 3. The number of hydrogen-bond acceptors (Lipinski definition) is 5. The van der Waals surface area contributed by atoms with E-state index in [1.54, 1.807) is 30.5 Å². The van der Waals surface area contributed by atoms with Gasteiger partial charge in [0.25, 0.3) is 5.91 Å². The summed E-state index contributed by atoms with van der Waals surface area (Å²) in [6.07, 6.45) is 3.07. The molecule has 0 unspecified atom stereocenters. The van der Waals surface area contributed by atoms with E-state index in [4.69, 9.17) is 5.73 Å². The number of imidazole rings is 1. The lowest BCUT2D eigenvalue weighted by Gasteiger charge is -2.05. The van der Waals surface area contributed by atoms with Crippen LogP contribution in [0.25, 0.3) is 11.2 Å². The number of carbonyl (C=O) groups is 1. The molecule has 4 N–H and O–H groups in total. The second-order valence-electron chi connectivity index (χ2n) is 3.87. The molecule has 0 saturated heterocycles. The Morgan fingerprint density at radius 3 is 2.95 bits per heavy atom. The topological polar surface area (TPSA) is 110 Å². The molecular weight excluding hydrogens is 244 g/mol. The summed E-state index contributed by atoms with van der Waals surface area (Å²) in [6.45, 7) is 0. The Hall–Kier alpha value is -2.96. The smallest absolute Gasteiger partial charge is 0.260 e. The number of hydrogen-bond donors (Lipinski definition) is 3. The molecule has 0 bridgehead atoms. The van der Waals surface area contributed by atoms with E-state index in [1.807, 2.05) is 0 Å². The number of nitrogens with one attached hydrogen (secondary N) is 2. The molecular formula is C12H10N6O. The van der Waals surface area contributed by atoms with Gasteiger partial charge in [0.15, 0.2) is 5.65 Å². The van der Waals surface area contributed by atoms with Crippen molar-refractivity contribution in [3.63, 3.8) is 0 Å². The predicted molar refractivity (Wildman–Crippen MR) is 70.5 cm³/mol. The first-order chi connectivity index (χ1) is 9.24. The van der Waals surface area contributed by atoms with Gasteiger partial charge in [0.2, 0.25) is 5.95 Å². The average Bonchev–Trinajstić information content (AvgIpc) is 2.86. The zero-order chi connectivity index (χ0) is 13.2. The van der Waals surface area contributed by atoms with E-state index in [0.717, 1.165) is 0 Å². The van der Waals surface area contributed by atoms with Gasteiger partial charge in [-0.3, -0.25) is 10.1 Å². The van der Waals surface area contributed by atoms with Crippen LogP contribution in [0.2, 0.25) is 0 Å². The zero-order valence-electron chi connectivity index (χ0n) is 9.79. The third-order valence-electron chi connectivity index (χ3n) is 2.61. The maximum absolute atomic E-state index is 12.0. The Morgan fingerprint density at radius 1 is 1.26 bits per heavy atom. The number of anilines is 2. The molecule has 2 heterocycles. The predicted octanol–water partition coefficient (Wildman–Crippen LogP) is 1.19. The third-order valence-corrected chi connectivity index (χ3v) is 2.61. The summed E-state index contributed by atoms with van der Waals surface area (Å²) in [7, 11) is 0. The third kappa shape index (κ3) is 2.08. The monoisotopic (exact) mass is 254 g/mol. The highest BCUT2D eigenvalue weighted by Gasteiger charge is 2.11. The minimum absolute atomic E-state index is 0.188. The van der Waals surface area contributed by atoms with Gasteiger partial charge in [-0.25, -0.2) is 9.97 Å². The number of para-hydroxylation sites is 1. The summed E-state index contributed by atoms with van der Waals surface area (Å²) >= 11 is 0. The molecule has 0 saturated carbocycles. The van der Waals surface area contributed by atoms with E-state index in [-0.39, 0.29) is 11.9 Å². The number of nitrogens with two attached hydrogens (primary N) is 1. The fourth-order valence-corrected chi connectivity index (χ4v) is 1.67. The Labute approximate surface area is 107 Å². The van der Waals surface area contributed by atoms with Crippen molar-refractivity contribution in [3.05, 3.63) is 42.4 Å². The largest absolute Gasteiger partial charge is 0.398 e. The first-order valence-corrected chi connectivity index (χ1v) is 5.56. The van der Waals surface area contributed by atoms with E-state index in [9.17, 15) is 4.79 Å². The molecule has 0 atom stereocenters. The van der Waals surface area contributed by atoms with Crippen molar-refractivity contribution >= 4 is 28.7 Å². The zero-order valence-corrected chi connectivity index (χ0v) is 9.79. The number of amides is 1. The van der Waals surface area contributed by atoms with Crippen molar-refractivity contribution < 1.29 is 4.79 Å². The van der Waals surface area contributed by atoms with Crippen LogP contribution in [0.4, 0.5) is 11.6 Å². The molecule has 0 radical (unpaired) electrons. The summed E-state index contributed by atoms with van der Waals surface area (Å²) in [4.78, 5) is 27.0. The molecule has 2 aromatic heterocycles. The molecule has 0 spiro atoms. The fraction of sp³-hybridized carbons (Fsp3) is 0. The SMILES string of the molecule is Nc1ccccc1C(=O)Nc1ncc2[nH]cnc2n1. The molecule has 7 heteroatoms. The first kappa shape index (κ1) is 11.1. The summed E-state index contributed by atoms with van der Waals surface area (Å²) in [6, 6.07) is 6.80. The maximum Gasteiger partial charge on any atom is 0.260 e. The van der Waals surface area contributed by atoms with Crippen molar-refractivity contribution in [2.75, 3.05) is 11.1 Å². The first-order valence-electron chi connectivity index (χ1n) is 5.56. The summed E-state index contributed by atoms with van der Waals surface area (Å²) in [5.74, 6) is -0.166. The average molecular weight is 254 g/mol. The van der Waals surface area contributed by atoms with Crippen molar-refractivity contribution in [1.82, 2.24) is 19.9 Å². The van der Waals surface area contributed by atoms with Crippen molar-refractivity contribution in [2.45, 2.75) is 0 Å². The number of fused-ring (bicyclic) bond motifs is 1. The van der Waals surface area contributed by atoms with E-state index in [2.05, 4.69) is 25.3 Å². The van der Waals surface area contributed by atoms with Crippen LogP contribution in [0.3, 0.4) is 0 Å². The van der Waals surface area contributed by atoms with Gasteiger partial charge < -0.3 is 10.7 Å². The van der Waals surface area contributed by atoms with Gasteiger partial charge in [0.05, 0.1) is 18.1 Å². The summed E-state index contributed by atoms with van der Waals surface area (Å²) < 4.78 is 0. The van der Waals surface area contributed by atoms with Gasteiger partial charge in [0, 0.05) is 5.69 Å². The number of rotatable bonds is 2. The molecule has 1 amide bonds. The van der Waals surface area contributed by atoms with Gasteiger partial charge in [-0.2, -0.15) is 4.98 Å². The number of carbonyl (C=O) groups excluding carboxylic acids is 1. The van der Waals surface area contributed by atoms with E-state index in [1.165, 1.54) is 6.33 Å². The normalized spacial score (nSPS) is 10.5. The van der Waals surface area contributed by atoms with Crippen molar-refractivity contribution in [2.24, 2.45) is 0 Å². The molecule has 7 nitrogen and oxygen atoms in total. The van der Waals surface area contributed by atoms with Crippen LogP contribution in [0.1, 0.15) is 10.4 Å². The lowest BCUT2D eigenvalue weighted by atomic mass is 10.2. The highest BCUT2D eigenvalue weighted by molar-refractivity contribution is 6.07. The van der Waals surface area contributed by atoms with Gasteiger partial charge >= 0.3 is 0 Å². The van der Waals surface area contributed by atoms with Crippen LogP contribution >= 0.6 is 0 Å².